The van der Waals surface area contributed by atoms with Gasteiger partial charge in [0.15, 0.2) is 17.8 Å². The highest BCUT2D eigenvalue weighted by Gasteiger charge is 2.61. The zero-order chi connectivity index (χ0) is 31.6. The molecule has 45 heavy (non-hydrogen) atoms. The maximum Gasteiger partial charge on any atom is 0.224 e. The van der Waals surface area contributed by atoms with Gasteiger partial charge in [0.05, 0.1) is 12.3 Å². The van der Waals surface area contributed by atoms with Gasteiger partial charge in [0.1, 0.15) is 34.0 Å². The van der Waals surface area contributed by atoms with E-state index in [9.17, 15) is 19.8 Å². The van der Waals surface area contributed by atoms with Crippen molar-refractivity contribution < 1.29 is 29.0 Å². The van der Waals surface area contributed by atoms with E-state index in [1.54, 1.807) is 19.2 Å². The number of hydrogen-bond acceptors (Lipinski definition) is 10. The second-order valence-corrected chi connectivity index (χ2v) is 13.7. The van der Waals surface area contributed by atoms with Crippen LogP contribution in [0.15, 0.2) is 52.3 Å². The van der Waals surface area contributed by atoms with Gasteiger partial charge >= 0.3 is 0 Å². The van der Waals surface area contributed by atoms with Crippen molar-refractivity contribution in [3.63, 3.8) is 0 Å². The number of ketones is 1. The number of rotatable bonds is 7. The zero-order valence-electron chi connectivity index (χ0n) is 25.5. The van der Waals surface area contributed by atoms with Crippen LogP contribution < -0.4 is 15.4 Å². The summed E-state index contributed by atoms with van der Waals surface area (Å²) in [4.78, 5) is 36.8. The molecule has 0 saturated heterocycles. The van der Waals surface area contributed by atoms with Crippen LogP contribution in [-0.4, -0.2) is 44.2 Å². The molecule has 2 aromatic heterocycles. The quantitative estimate of drug-likeness (QED) is 0.228. The lowest BCUT2D eigenvalue weighted by atomic mass is 9.72. The molecule has 2 aromatic carbocycles. The van der Waals surface area contributed by atoms with Crippen molar-refractivity contribution in [3.05, 3.63) is 81.9 Å². The number of nitrogens with zero attached hydrogens (tertiary/aromatic N) is 2. The van der Waals surface area contributed by atoms with Gasteiger partial charge in [-0.15, -0.1) is 11.3 Å². The second-order valence-electron chi connectivity index (χ2n) is 12.8. The molecule has 1 spiro atoms. The molecule has 0 fully saturated rings. The Morgan fingerprint density at radius 1 is 1.11 bits per heavy atom. The first-order chi connectivity index (χ1) is 21.6. The van der Waals surface area contributed by atoms with Crippen molar-refractivity contribution in [2.75, 3.05) is 5.32 Å². The van der Waals surface area contributed by atoms with Crippen molar-refractivity contribution in [2.24, 2.45) is 17.8 Å². The first-order valence-corrected chi connectivity index (χ1v) is 16.2. The van der Waals surface area contributed by atoms with Gasteiger partial charge in [0.2, 0.25) is 11.8 Å². The maximum absolute atomic E-state index is 14.0. The van der Waals surface area contributed by atoms with Crippen LogP contribution in [0.25, 0.3) is 10.7 Å². The Morgan fingerprint density at radius 3 is 2.64 bits per heavy atom. The summed E-state index contributed by atoms with van der Waals surface area (Å²) in [5.41, 5.74) is 3.68. The lowest BCUT2D eigenvalue weighted by Crippen LogP contribution is -2.41. The molecule has 4 aromatic rings. The van der Waals surface area contributed by atoms with Crippen molar-refractivity contribution >= 4 is 28.7 Å². The fourth-order valence-corrected chi connectivity index (χ4v) is 7.58. The number of thiazole rings is 1. The molecule has 0 radical (unpaired) electrons. The van der Waals surface area contributed by atoms with E-state index in [1.807, 2.05) is 50.2 Å². The minimum Gasteiger partial charge on any atom is -0.469 e. The van der Waals surface area contributed by atoms with E-state index in [1.165, 1.54) is 11.3 Å². The van der Waals surface area contributed by atoms with Crippen molar-refractivity contribution in [1.82, 2.24) is 15.3 Å². The number of oxazole rings is 1. The highest BCUT2D eigenvalue weighted by atomic mass is 32.1. The highest BCUT2D eigenvalue weighted by Crippen LogP contribution is 2.59. The molecule has 5 atom stereocenters. The number of ether oxygens (including phenoxy) is 1. The highest BCUT2D eigenvalue weighted by molar-refractivity contribution is 7.13. The van der Waals surface area contributed by atoms with Crippen molar-refractivity contribution in [1.29, 1.82) is 0 Å². The number of aliphatic hydroxyl groups is 2. The van der Waals surface area contributed by atoms with Gasteiger partial charge in [-0.1, -0.05) is 58.0 Å². The number of para-hydroxylation sites is 1. The molecule has 0 saturated carbocycles. The molecule has 3 aliphatic heterocycles. The third kappa shape index (κ3) is 4.67. The molecular weight excluding hydrogens is 592 g/mol. The minimum atomic E-state index is -1.16. The summed E-state index contributed by atoms with van der Waals surface area (Å²) < 4.78 is 13.4. The molecule has 4 bridgehead atoms. The first kappa shape index (κ1) is 29.6. The van der Waals surface area contributed by atoms with E-state index < -0.39 is 29.7 Å². The summed E-state index contributed by atoms with van der Waals surface area (Å²) in [5.74, 6) is -0.247. The number of aromatic nitrogens is 2. The number of aliphatic hydroxyl groups excluding tert-OH is 2. The maximum atomic E-state index is 14.0. The van der Waals surface area contributed by atoms with Crippen LogP contribution in [0, 0.1) is 17.8 Å². The molecular formula is C34H36N4O6S. The van der Waals surface area contributed by atoms with E-state index in [0.717, 1.165) is 22.4 Å². The third-order valence-electron chi connectivity index (χ3n) is 9.16. The molecule has 4 N–H and O–H groups in total. The van der Waals surface area contributed by atoms with Crippen LogP contribution in [0.5, 0.6) is 5.75 Å². The van der Waals surface area contributed by atoms with E-state index in [-0.39, 0.29) is 36.6 Å². The largest absolute Gasteiger partial charge is 0.469 e. The Bertz CT molecular complexity index is 1800. The van der Waals surface area contributed by atoms with E-state index in [4.69, 9.17) is 14.1 Å². The molecule has 7 rings (SSSR count). The van der Waals surface area contributed by atoms with Gasteiger partial charge in [0, 0.05) is 29.0 Å². The van der Waals surface area contributed by atoms with Crippen molar-refractivity contribution in [3.8, 4) is 16.5 Å². The molecule has 11 heteroatoms. The fraction of sp³-hybridized carbons (Fsp3) is 0.412. The molecule has 1 unspecified atom stereocenters. The van der Waals surface area contributed by atoms with Gasteiger partial charge in [-0.25, -0.2) is 9.97 Å². The Hall–Kier alpha value is -4.06. The average Bonchev–Trinajstić information content (AvgIpc) is 3.79. The van der Waals surface area contributed by atoms with Crippen LogP contribution in [0.1, 0.15) is 74.2 Å². The van der Waals surface area contributed by atoms with Crippen LogP contribution >= 0.6 is 11.3 Å². The minimum absolute atomic E-state index is 0.104. The molecule has 1 amide bonds. The monoisotopic (exact) mass is 628 g/mol. The molecule has 3 aliphatic rings. The normalized spacial score (nSPS) is 23.8. The van der Waals surface area contributed by atoms with Crippen LogP contribution in [0.3, 0.4) is 0 Å². The van der Waals surface area contributed by atoms with Crippen LogP contribution in [0.4, 0.5) is 5.69 Å². The second kappa shape index (κ2) is 11.1. The molecule has 0 aliphatic carbocycles. The van der Waals surface area contributed by atoms with Gasteiger partial charge in [-0.2, -0.15) is 0 Å². The number of carbonyl (C=O) groups excluding carboxylic acids is 2. The Kier molecular flexibility index (Phi) is 7.30. The van der Waals surface area contributed by atoms with Gasteiger partial charge < -0.3 is 30.0 Å². The topological polar surface area (TPSA) is 147 Å². The standard InChI is InChI=1S/C34H36N4O6S/c1-16(2)26-31-38-27(32-35-20(14-39)15-45-32)29(44-31)34-21-7-5-6-8-23(21)36-33(34)43-25-10-9-18(12-22(25)34)11-19(30(42)37-26)13-24(40)28(41)17(3)4/h5-10,12,15-17,19,26,28,33,36,39,41H,11,13-14H2,1-4H3,(H,37,42)/t19-,26+,28+,33+,34?/m1/s1. The summed E-state index contributed by atoms with van der Waals surface area (Å²) in [6.07, 6.45) is -1.52. The number of benzene rings is 2. The Labute approximate surface area is 264 Å². The molecule has 10 nitrogen and oxygen atoms in total. The lowest BCUT2D eigenvalue weighted by molar-refractivity contribution is -0.135. The fourth-order valence-electron chi connectivity index (χ4n) is 6.79. The zero-order valence-corrected chi connectivity index (χ0v) is 26.4. The summed E-state index contributed by atoms with van der Waals surface area (Å²) in [7, 11) is 0. The smallest absolute Gasteiger partial charge is 0.224 e. The van der Waals surface area contributed by atoms with E-state index in [0.29, 0.717) is 40.2 Å². The predicted octanol–water partition coefficient (Wildman–Crippen LogP) is 4.73. The molecule has 234 valence electrons. The SMILES string of the molecule is CC(C)[C@H](O)C(=O)C[C@H]1Cc2ccc3c(c2)C2(c4ccccc4N[C@H]2O3)c2oc(nc2-c2nc(CO)cs2)[C@H](C(C)C)NC1=O. The Balaban J connectivity index is 1.48. The summed E-state index contributed by atoms with van der Waals surface area (Å²) in [6.45, 7) is 7.31. The Morgan fingerprint density at radius 2 is 1.91 bits per heavy atom. The average molecular weight is 629 g/mol. The summed E-state index contributed by atoms with van der Waals surface area (Å²) in [5, 5.41) is 29.5. The number of anilines is 1. The number of carbonyl (C=O) groups is 2. The van der Waals surface area contributed by atoms with Gasteiger partial charge in [0.25, 0.3) is 0 Å². The number of nitrogens with one attached hydrogen (secondary N) is 2. The van der Waals surface area contributed by atoms with E-state index in [2.05, 4.69) is 21.7 Å². The molecule has 5 heterocycles. The number of fused-ring (bicyclic) bond motifs is 4. The number of hydrogen-bond donors (Lipinski definition) is 4. The number of amides is 1. The van der Waals surface area contributed by atoms with Crippen LogP contribution in [0.2, 0.25) is 0 Å². The van der Waals surface area contributed by atoms with Gasteiger partial charge in [-0.05, 0) is 41.5 Å². The first-order valence-electron chi connectivity index (χ1n) is 15.4. The summed E-state index contributed by atoms with van der Waals surface area (Å²) in [6, 6.07) is 13.3. The summed E-state index contributed by atoms with van der Waals surface area (Å²) >= 11 is 1.37. The lowest BCUT2D eigenvalue weighted by Gasteiger charge is -2.28. The number of Topliss-reactive ketones (excluding diaryl/α,β-unsaturated/α-hetero) is 1. The van der Waals surface area contributed by atoms with Crippen molar-refractivity contribution in [2.45, 2.75) is 70.9 Å². The predicted molar refractivity (Wildman–Crippen MR) is 168 cm³/mol. The van der Waals surface area contributed by atoms with Gasteiger partial charge in [-0.3, -0.25) is 9.59 Å². The third-order valence-corrected chi connectivity index (χ3v) is 10.1. The van der Waals surface area contributed by atoms with E-state index >= 15 is 0 Å². The van der Waals surface area contributed by atoms with Crippen LogP contribution in [-0.2, 0) is 28.0 Å².